The standard InChI is InChI=1S/C18H21BrFN/c1-13(15-6-4-3-5-7-15)10-11-21-14(2)17-9-8-16(20)12-18(17)19/h3-9,12-14,21H,10-11H2,1-2H3. The van der Waals surface area contributed by atoms with Gasteiger partial charge in [-0.25, -0.2) is 4.39 Å². The highest BCUT2D eigenvalue weighted by atomic mass is 79.9. The SMILES string of the molecule is CC(CCNC(C)c1ccc(F)cc1Br)c1ccccc1. The summed E-state index contributed by atoms with van der Waals surface area (Å²) in [5, 5.41) is 3.51. The van der Waals surface area contributed by atoms with Gasteiger partial charge in [0.25, 0.3) is 0 Å². The van der Waals surface area contributed by atoms with Crippen LogP contribution in [0.3, 0.4) is 0 Å². The maximum Gasteiger partial charge on any atom is 0.124 e. The van der Waals surface area contributed by atoms with Crippen LogP contribution in [-0.4, -0.2) is 6.54 Å². The molecule has 2 unspecified atom stereocenters. The quantitative estimate of drug-likeness (QED) is 0.732. The highest BCUT2D eigenvalue weighted by Crippen LogP contribution is 2.24. The summed E-state index contributed by atoms with van der Waals surface area (Å²) in [5.74, 6) is 0.318. The van der Waals surface area contributed by atoms with Crippen LogP contribution in [-0.2, 0) is 0 Å². The molecule has 0 amide bonds. The molecule has 1 N–H and O–H groups in total. The van der Waals surface area contributed by atoms with Gasteiger partial charge in [0, 0.05) is 10.5 Å². The first-order valence-electron chi connectivity index (χ1n) is 7.31. The molecule has 0 aliphatic heterocycles. The van der Waals surface area contributed by atoms with Crippen molar-refractivity contribution in [2.45, 2.75) is 32.2 Å². The highest BCUT2D eigenvalue weighted by molar-refractivity contribution is 9.10. The number of nitrogens with one attached hydrogen (secondary N) is 1. The summed E-state index contributed by atoms with van der Waals surface area (Å²) in [6, 6.07) is 15.6. The van der Waals surface area contributed by atoms with E-state index < -0.39 is 0 Å². The van der Waals surface area contributed by atoms with Gasteiger partial charge in [-0.15, -0.1) is 0 Å². The summed E-state index contributed by atoms with van der Waals surface area (Å²) in [7, 11) is 0. The molecule has 2 rings (SSSR count). The summed E-state index contributed by atoms with van der Waals surface area (Å²) < 4.78 is 13.9. The van der Waals surface area contributed by atoms with E-state index in [9.17, 15) is 4.39 Å². The molecule has 0 aliphatic carbocycles. The third-order valence-electron chi connectivity index (χ3n) is 3.83. The van der Waals surface area contributed by atoms with Gasteiger partial charge in [-0.1, -0.05) is 59.3 Å². The molecule has 0 bridgehead atoms. The average molecular weight is 350 g/mol. The van der Waals surface area contributed by atoms with Gasteiger partial charge in [0.05, 0.1) is 0 Å². The fourth-order valence-corrected chi connectivity index (χ4v) is 3.12. The van der Waals surface area contributed by atoms with Crippen molar-refractivity contribution < 1.29 is 4.39 Å². The molecule has 3 heteroatoms. The van der Waals surface area contributed by atoms with Crippen molar-refractivity contribution in [1.29, 1.82) is 0 Å². The third kappa shape index (κ3) is 4.65. The summed E-state index contributed by atoms with van der Waals surface area (Å²) in [6.45, 7) is 5.28. The van der Waals surface area contributed by atoms with Crippen LogP contribution in [0.4, 0.5) is 4.39 Å². The zero-order valence-electron chi connectivity index (χ0n) is 12.4. The molecule has 1 nitrogen and oxygen atoms in total. The Bertz CT molecular complexity index is 571. The normalized spacial score (nSPS) is 13.9. The molecular weight excluding hydrogens is 329 g/mol. The Morgan fingerprint density at radius 1 is 1.10 bits per heavy atom. The van der Waals surface area contributed by atoms with Gasteiger partial charge in [-0.3, -0.25) is 0 Å². The first-order chi connectivity index (χ1) is 10.1. The summed E-state index contributed by atoms with van der Waals surface area (Å²) in [6.07, 6.45) is 1.08. The molecule has 2 aromatic carbocycles. The minimum Gasteiger partial charge on any atom is -0.310 e. The Morgan fingerprint density at radius 3 is 2.48 bits per heavy atom. The zero-order chi connectivity index (χ0) is 15.2. The number of benzene rings is 2. The van der Waals surface area contributed by atoms with Gasteiger partial charge in [0.15, 0.2) is 0 Å². The number of hydrogen-bond acceptors (Lipinski definition) is 1. The Hall–Kier alpha value is -1.19. The van der Waals surface area contributed by atoms with Crippen molar-refractivity contribution >= 4 is 15.9 Å². The zero-order valence-corrected chi connectivity index (χ0v) is 14.0. The van der Waals surface area contributed by atoms with E-state index in [1.807, 2.05) is 12.1 Å². The van der Waals surface area contributed by atoms with Crippen LogP contribution in [0.25, 0.3) is 0 Å². The van der Waals surface area contributed by atoms with E-state index in [2.05, 4.69) is 59.4 Å². The van der Waals surface area contributed by atoms with Crippen molar-refractivity contribution in [3.05, 3.63) is 69.9 Å². The molecule has 112 valence electrons. The Kier molecular flexibility index (Phi) is 5.95. The van der Waals surface area contributed by atoms with E-state index in [1.165, 1.54) is 17.7 Å². The largest absolute Gasteiger partial charge is 0.310 e. The molecule has 2 aromatic rings. The van der Waals surface area contributed by atoms with Gasteiger partial charge < -0.3 is 5.32 Å². The van der Waals surface area contributed by atoms with Gasteiger partial charge >= 0.3 is 0 Å². The molecule has 0 radical (unpaired) electrons. The van der Waals surface area contributed by atoms with E-state index in [0.717, 1.165) is 23.0 Å². The molecule has 21 heavy (non-hydrogen) atoms. The average Bonchev–Trinajstić information content (AvgIpc) is 2.47. The lowest BCUT2D eigenvalue weighted by Gasteiger charge is -2.18. The second-order valence-electron chi connectivity index (χ2n) is 5.44. The molecule has 0 aromatic heterocycles. The van der Waals surface area contributed by atoms with Crippen LogP contribution in [0.5, 0.6) is 0 Å². The molecule has 0 heterocycles. The fourth-order valence-electron chi connectivity index (χ4n) is 2.43. The fraction of sp³-hybridized carbons (Fsp3) is 0.333. The lowest BCUT2D eigenvalue weighted by molar-refractivity contribution is 0.528. The van der Waals surface area contributed by atoms with Crippen LogP contribution >= 0.6 is 15.9 Å². The summed E-state index contributed by atoms with van der Waals surface area (Å²) in [5.41, 5.74) is 2.46. The monoisotopic (exact) mass is 349 g/mol. The van der Waals surface area contributed by atoms with Gasteiger partial charge in [0.1, 0.15) is 5.82 Å². The number of halogens is 2. The second kappa shape index (κ2) is 7.71. The Labute approximate surface area is 134 Å². The lowest BCUT2D eigenvalue weighted by Crippen LogP contribution is -2.21. The molecule has 0 fully saturated rings. The van der Waals surface area contributed by atoms with Crippen LogP contribution in [0.2, 0.25) is 0 Å². The van der Waals surface area contributed by atoms with E-state index in [-0.39, 0.29) is 11.9 Å². The molecular formula is C18H21BrFN. The van der Waals surface area contributed by atoms with Crippen LogP contribution < -0.4 is 5.32 Å². The van der Waals surface area contributed by atoms with Crippen molar-refractivity contribution in [1.82, 2.24) is 5.32 Å². The van der Waals surface area contributed by atoms with Gasteiger partial charge in [-0.2, -0.15) is 0 Å². The summed E-state index contributed by atoms with van der Waals surface area (Å²) >= 11 is 3.43. The second-order valence-corrected chi connectivity index (χ2v) is 6.30. The topological polar surface area (TPSA) is 12.0 Å². The molecule has 2 atom stereocenters. The van der Waals surface area contributed by atoms with E-state index >= 15 is 0 Å². The van der Waals surface area contributed by atoms with Crippen LogP contribution in [0.1, 0.15) is 43.4 Å². The predicted molar refractivity (Wildman–Crippen MR) is 90.0 cm³/mol. The Balaban J connectivity index is 1.85. The van der Waals surface area contributed by atoms with E-state index in [4.69, 9.17) is 0 Å². The van der Waals surface area contributed by atoms with Crippen molar-refractivity contribution in [3.63, 3.8) is 0 Å². The van der Waals surface area contributed by atoms with Crippen LogP contribution in [0, 0.1) is 5.82 Å². The molecule has 0 saturated heterocycles. The molecule has 0 saturated carbocycles. The highest BCUT2D eigenvalue weighted by Gasteiger charge is 2.10. The number of rotatable bonds is 6. The van der Waals surface area contributed by atoms with Gasteiger partial charge in [-0.05, 0) is 49.1 Å². The lowest BCUT2D eigenvalue weighted by atomic mass is 9.97. The smallest absolute Gasteiger partial charge is 0.124 e. The minimum absolute atomic E-state index is 0.197. The van der Waals surface area contributed by atoms with E-state index in [0.29, 0.717) is 5.92 Å². The van der Waals surface area contributed by atoms with Crippen LogP contribution in [0.15, 0.2) is 53.0 Å². The van der Waals surface area contributed by atoms with E-state index in [1.54, 1.807) is 0 Å². The summed E-state index contributed by atoms with van der Waals surface area (Å²) in [4.78, 5) is 0. The maximum absolute atomic E-state index is 13.1. The molecule has 0 spiro atoms. The third-order valence-corrected chi connectivity index (χ3v) is 4.51. The van der Waals surface area contributed by atoms with Crippen molar-refractivity contribution in [3.8, 4) is 0 Å². The van der Waals surface area contributed by atoms with Crippen molar-refractivity contribution in [2.24, 2.45) is 0 Å². The first kappa shape index (κ1) is 16.2. The Morgan fingerprint density at radius 2 is 1.81 bits per heavy atom. The maximum atomic E-state index is 13.1. The predicted octanol–water partition coefficient (Wildman–Crippen LogP) is 5.43. The minimum atomic E-state index is -0.212. The molecule has 0 aliphatic rings. The number of hydrogen-bond donors (Lipinski definition) is 1. The van der Waals surface area contributed by atoms with Crippen molar-refractivity contribution in [2.75, 3.05) is 6.54 Å². The first-order valence-corrected chi connectivity index (χ1v) is 8.10. The van der Waals surface area contributed by atoms with Gasteiger partial charge in [0.2, 0.25) is 0 Å².